The van der Waals surface area contributed by atoms with E-state index in [1.165, 1.54) is 0 Å². The fraction of sp³-hybridized carbons (Fsp3) is 0.538. The van der Waals surface area contributed by atoms with Crippen molar-refractivity contribution < 1.29 is 9.50 Å². The number of hydrogen-bond donors (Lipinski definition) is 1. The van der Waals surface area contributed by atoms with Crippen molar-refractivity contribution in [1.29, 1.82) is 0 Å². The standard InChI is InChI=1S/C13H19FO/c1-9(2)12-8-11(5-4-6-15)10(3)7-13(12)14/h7-9,15H,4-6H2,1-3H3. The van der Waals surface area contributed by atoms with E-state index in [1.54, 1.807) is 6.07 Å². The van der Waals surface area contributed by atoms with E-state index in [1.807, 2.05) is 26.8 Å². The lowest BCUT2D eigenvalue weighted by atomic mass is 9.95. The summed E-state index contributed by atoms with van der Waals surface area (Å²) in [6.07, 6.45) is 1.56. The molecule has 0 fully saturated rings. The Morgan fingerprint density at radius 2 is 2.00 bits per heavy atom. The van der Waals surface area contributed by atoms with Gasteiger partial charge in [0, 0.05) is 6.61 Å². The lowest BCUT2D eigenvalue weighted by molar-refractivity contribution is 0.288. The molecule has 1 nitrogen and oxygen atoms in total. The van der Waals surface area contributed by atoms with Crippen molar-refractivity contribution in [3.05, 3.63) is 34.6 Å². The summed E-state index contributed by atoms with van der Waals surface area (Å²) in [4.78, 5) is 0. The molecular weight excluding hydrogens is 191 g/mol. The fourth-order valence-electron chi connectivity index (χ4n) is 1.72. The molecule has 0 atom stereocenters. The molecule has 0 aliphatic heterocycles. The van der Waals surface area contributed by atoms with Gasteiger partial charge < -0.3 is 5.11 Å². The Kier molecular flexibility index (Phi) is 4.28. The van der Waals surface area contributed by atoms with Crippen molar-refractivity contribution in [2.45, 2.75) is 39.5 Å². The molecule has 0 aliphatic carbocycles. The van der Waals surface area contributed by atoms with Crippen LogP contribution >= 0.6 is 0 Å². The zero-order valence-corrected chi connectivity index (χ0v) is 9.68. The molecule has 1 aromatic carbocycles. The summed E-state index contributed by atoms with van der Waals surface area (Å²) in [6.45, 7) is 6.08. The summed E-state index contributed by atoms with van der Waals surface area (Å²) < 4.78 is 13.6. The molecule has 0 amide bonds. The number of aryl methyl sites for hydroxylation is 2. The molecule has 2 heteroatoms. The highest BCUT2D eigenvalue weighted by atomic mass is 19.1. The smallest absolute Gasteiger partial charge is 0.126 e. The Bertz CT molecular complexity index is 332. The van der Waals surface area contributed by atoms with Gasteiger partial charge in [-0.25, -0.2) is 4.39 Å². The third kappa shape index (κ3) is 3.03. The maximum Gasteiger partial charge on any atom is 0.126 e. The first-order valence-corrected chi connectivity index (χ1v) is 5.46. The van der Waals surface area contributed by atoms with E-state index in [2.05, 4.69) is 0 Å². The summed E-state index contributed by atoms with van der Waals surface area (Å²) in [6, 6.07) is 3.53. The first-order chi connectivity index (χ1) is 7.06. The number of benzene rings is 1. The maximum absolute atomic E-state index is 13.6. The van der Waals surface area contributed by atoms with Crippen molar-refractivity contribution in [3.63, 3.8) is 0 Å². The van der Waals surface area contributed by atoms with Gasteiger partial charge in [-0.05, 0) is 48.4 Å². The van der Waals surface area contributed by atoms with E-state index < -0.39 is 0 Å². The second-order valence-corrected chi connectivity index (χ2v) is 4.28. The Labute approximate surface area is 90.9 Å². The highest BCUT2D eigenvalue weighted by Gasteiger charge is 2.09. The fourth-order valence-corrected chi connectivity index (χ4v) is 1.72. The highest BCUT2D eigenvalue weighted by molar-refractivity contribution is 5.34. The number of rotatable bonds is 4. The zero-order valence-electron chi connectivity index (χ0n) is 9.68. The SMILES string of the molecule is Cc1cc(F)c(C(C)C)cc1CCCO. The van der Waals surface area contributed by atoms with Gasteiger partial charge >= 0.3 is 0 Å². The van der Waals surface area contributed by atoms with Crippen LogP contribution in [0.5, 0.6) is 0 Å². The van der Waals surface area contributed by atoms with Crippen LogP contribution < -0.4 is 0 Å². The summed E-state index contributed by atoms with van der Waals surface area (Å²) in [5.74, 6) is 0.0914. The molecule has 0 saturated carbocycles. The van der Waals surface area contributed by atoms with Crippen LogP contribution in [-0.4, -0.2) is 11.7 Å². The molecular formula is C13H19FO. The van der Waals surface area contributed by atoms with E-state index in [9.17, 15) is 4.39 Å². The molecule has 84 valence electrons. The predicted molar refractivity (Wildman–Crippen MR) is 60.6 cm³/mol. The van der Waals surface area contributed by atoms with Crippen molar-refractivity contribution in [1.82, 2.24) is 0 Å². The van der Waals surface area contributed by atoms with E-state index >= 15 is 0 Å². The average molecular weight is 210 g/mol. The minimum Gasteiger partial charge on any atom is -0.396 e. The number of aliphatic hydroxyl groups is 1. The molecule has 0 unspecified atom stereocenters. The third-order valence-electron chi connectivity index (χ3n) is 2.68. The van der Waals surface area contributed by atoms with E-state index in [-0.39, 0.29) is 18.3 Å². The van der Waals surface area contributed by atoms with Crippen molar-refractivity contribution in [2.75, 3.05) is 6.61 Å². The number of aliphatic hydroxyl groups excluding tert-OH is 1. The second kappa shape index (κ2) is 5.26. The average Bonchev–Trinajstić information content (AvgIpc) is 2.16. The topological polar surface area (TPSA) is 20.2 Å². The molecule has 0 saturated heterocycles. The van der Waals surface area contributed by atoms with Crippen LogP contribution in [0.4, 0.5) is 4.39 Å². The third-order valence-corrected chi connectivity index (χ3v) is 2.68. The van der Waals surface area contributed by atoms with Crippen LogP contribution in [-0.2, 0) is 6.42 Å². The van der Waals surface area contributed by atoms with Gasteiger partial charge in [-0.15, -0.1) is 0 Å². The van der Waals surface area contributed by atoms with E-state index in [4.69, 9.17) is 5.11 Å². The summed E-state index contributed by atoms with van der Waals surface area (Å²) >= 11 is 0. The van der Waals surface area contributed by atoms with Crippen LogP contribution in [0.1, 0.15) is 42.9 Å². The van der Waals surface area contributed by atoms with Gasteiger partial charge in [0.2, 0.25) is 0 Å². The van der Waals surface area contributed by atoms with Crippen LogP contribution in [0.3, 0.4) is 0 Å². The van der Waals surface area contributed by atoms with Gasteiger partial charge in [0.15, 0.2) is 0 Å². The van der Waals surface area contributed by atoms with Gasteiger partial charge in [0.1, 0.15) is 5.82 Å². The maximum atomic E-state index is 13.6. The molecule has 1 rings (SSSR count). The highest BCUT2D eigenvalue weighted by Crippen LogP contribution is 2.23. The number of halogens is 1. The first kappa shape index (κ1) is 12.2. The molecule has 0 aromatic heterocycles. The summed E-state index contributed by atoms with van der Waals surface area (Å²) in [5, 5.41) is 8.78. The van der Waals surface area contributed by atoms with Crippen molar-refractivity contribution in [2.24, 2.45) is 0 Å². The Morgan fingerprint density at radius 1 is 1.33 bits per heavy atom. The van der Waals surface area contributed by atoms with Gasteiger partial charge in [0.05, 0.1) is 0 Å². The molecule has 0 radical (unpaired) electrons. The van der Waals surface area contributed by atoms with Crippen LogP contribution in [0, 0.1) is 12.7 Å². The summed E-state index contributed by atoms with van der Waals surface area (Å²) in [7, 11) is 0. The normalized spacial score (nSPS) is 11.1. The molecule has 15 heavy (non-hydrogen) atoms. The predicted octanol–water partition coefficient (Wildman–Crippen LogP) is 3.18. The second-order valence-electron chi connectivity index (χ2n) is 4.28. The van der Waals surface area contributed by atoms with Crippen molar-refractivity contribution >= 4 is 0 Å². The Balaban J connectivity index is 3.00. The monoisotopic (exact) mass is 210 g/mol. The molecule has 0 aliphatic rings. The van der Waals surface area contributed by atoms with Crippen LogP contribution in [0.25, 0.3) is 0 Å². The quantitative estimate of drug-likeness (QED) is 0.809. The number of hydrogen-bond acceptors (Lipinski definition) is 1. The van der Waals surface area contributed by atoms with Gasteiger partial charge in [-0.3, -0.25) is 0 Å². The largest absolute Gasteiger partial charge is 0.396 e. The van der Waals surface area contributed by atoms with Gasteiger partial charge in [-0.2, -0.15) is 0 Å². The summed E-state index contributed by atoms with van der Waals surface area (Å²) in [5.41, 5.74) is 2.90. The minimum absolute atomic E-state index is 0.116. The lowest BCUT2D eigenvalue weighted by Crippen LogP contribution is -2.00. The van der Waals surface area contributed by atoms with Gasteiger partial charge in [0.25, 0.3) is 0 Å². The molecule has 1 aromatic rings. The molecule has 1 N–H and O–H groups in total. The zero-order chi connectivity index (χ0) is 11.4. The van der Waals surface area contributed by atoms with Crippen molar-refractivity contribution in [3.8, 4) is 0 Å². The molecule has 0 spiro atoms. The van der Waals surface area contributed by atoms with E-state index in [0.29, 0.717) is 0 Å². The van der Waals surface area contributed by atoms with Crippen LogP contribution in [0.15, 0.2) is 12.1 Å². The molecule has 0 heterocycles. The van der Waals surface area contributed by atoms with Crippen LogP contribution in [0.2, 0.25) is 0 Å². The molecule has 0 bridgehead atoms. The van der Waals surface area contributed by atoms with E-state index in [0.717, 1.165) is 29.5 Å². The minimum atomic E-state index is -0.116. The first-order valence-electron chi connectivity index (χ1n) is 5.46. The Morgan fingerprint density at radius 3 is 2.53 bits per heavy atom. The Hall–Kier alpha value is -0.890. The van der Waals surface area contributed by atoms with Gasteiger partial charge in [-0.1, -0.05) is 19.9 Å². The lowest BCUT2D eigenvalue weighted by Gasteiger charge is -2.12.